The Morgan fingerprint density at radius 1 is 1.15 bits per heavy atom. The highest BCUT2D eigenvalue weighted by Crippen LogP contribution is 2.38. The monoisotopic (exact) mass is 552 g/mol. The summed E-state index contributed by atoms with van der Waals surface area (Å²) in [5.74, 6) is 0.133. The molecule has 39 heavy (non-hydrogen) atoms. The van der Waals surface area contributed by atoms with Crippen LogP contribution >= 0.6 is 11.6 Å². The van der Waals surface area contributed by atoms with Gasteiger partial charge in [-0.2, -0.15) is 0 Å². The van der Waals surface area contributed by atoms with Gasteiger partial charge in [0.2, 0.25) is 5.91 Å². The van der Waals surface area contributed by atoms with E-state index in [1.165, 1.54) is 5.56 Å². The van der Waals surface area contributed by atoms with Gasteiger partial charge in [-0.3, -0.25) is 9.36 Å². The number of imidazole rings is 1. The number of fused-ring (bicyclic) bond motifs is 1. The van der Waals surface area contributed by atoms with Crippen molar-refractivity contribution in [2.24, 2.45) is 5.41 Å². The molecule has 2 saturated heterocycles. The van der Waals surface area contributed by atoms with E-state index < -0.39 is 11.0 Å². The summed E-state index contributed by atoms with van der Waals surface area (Å²) in [4.78, 5) is 33.2. The molecule has 7 nitrogen and oxygen atoms in total. The number of carbonyl (C=O) groups is 1. The number of halogens is 1. The predicted molar refractivity (Wildman–Crippen MR) is 156 cm³/mol. The third kappa shape index (κ3) is 6.11. The van der Waals surface area contributed by atoms with Crippen molar-refractivity contribution in [1.82, 2.24) is 19.4 Å². The van der Waals surface area contributed by atoms with E-state index in [0.29, 0.717) is 18.3 Å². The highest BCUT2D eigenvalue weighted by atomic mass is 35.5. The zero-order valence-electron chi connectivity index (χ0n) is 23.4. The summed E-state index contributed by atoms with van der Waals surface area (Å²) >= 11 is 6.29. The fraction of sp³-hybridized carbons (Fsp3) is 0.548. The van der Waals surface area contributed by atoms with Gasteiger partial charge in [-0.05, 0) is 56.2 Å². The number of H-pyrrole nitrogens is 1. The summed E-state index contributed by atoms with van der Waals surface area (Å²) in [6, 6.07) is 10.7. The second-order valence-corrected chi connectivity index (χ2v) is 12.6. The van der Waals surface area contributed by atoms with Crippen molar-refractivity contribution in [3.8, 4) is 0 Å². The molecule has 0 saturated carbocycles. The average molecular weight is 553 g/mol. The van der Waals surface area contributed by atoms with Crippen molar-refractivity contribution < 1.29 is 9.53 Å². The van der Waals surface area contributed by atoms with Crippen LogP contribution in [0.2, 0.25) is 0 Å². The van der Waals surface area contributed by atoms with Gasteiger partial charge in [0.1, 0.15) is 6.73 Å². The maximum Gasteiger partial charge on any atom is 0.326 e. The molecule has 3 heterocycles. The number of carbonyl (C=O) groups excluding carboxylic acids is 1. The Morgan fingerprint density at radius 3 is 2.56 bits per heavy atom. The van der Waals surface area contributed by atoms with Gasteiger partial charge in [-0.15, -0.1) is 0 Å². The van der Waals surface area contributed by atoms with Gasteiger partial charge >= 0.3 is 5.69 Å². The first kappa shape index (κ1) is 27.9. The Morgan fingerprint density at radius 2 is 1.90 bits per heavy atom. The van der Waals surface area contributed by atoms with E-state index >= 15 is 0 Å². The van der Waals surface area contributed by atoms with Crippen LogP contribution in [-0.2, 0) is 21.6 Å². The van der Waals surface area contributed by atoms with Gasteiger partial charge in [0, 0.05) is 48.4 Å². The number of piperidine rings is 1. The van der Waals surface area contributed by atoms with Gasteiger partial charge in [0.05, 0.1) is 11.3 Å². The molecule has 3 aliphatic rings. The van der Waals surface area contributed by atoms with Crippen LogP contribution < -0.4 is 5.69 Å². The Kier molecular flexibility index (Phi) is 8.22. The molecule has 210 valence electrons. The van der Waals surface area contributed by atoms with Gasteiger partial charge < -0.3 is 19.5 Å². The lowest BCUT2D eigenvalue weighted by Gasteiger charge is -2.45. The topological polar surface area (TPSA) is 70.6 Å². The lowest BCUT2D eigenvalue weighted by molar-refractivity contribution is -0.175. The van der Waals surface area contributed by atoms with Crippen LogP contribution in [0, 0.1) is 5.41 Å². The summed E-state index contributed by atoms with van der Waals surface area (Å²) in [6.45, 7) is 9.69. The van der Waals surface area contributed by atoms with Crippen LogP contribution in [0.25, 0.3) is 6.08 Å². The summed E-state index contributed by atoms with van der Waals surface area (Å²) < 4.78 is 8.56. The number of hydrogen-bond acceptors (Lipinski definition) is 4. The molecule has 1 N–H and O–H groups in total. The van der Waals surface area contributed by atoms with E-state index in [-0.39, 0.29) is 17.6 Å². The first-order valence-corrected chi connectivity index (χ1v) is 14.6. The molecule has 1 aliphatic carbocycles. The van der Waals surface area contributed by atoms with Crippen LogP contribution in [-0.4, -0.2) is 58.2 Å². The van der Waals surface area contributed by atoms with Gasteiger partial charge in [-0.25, -0.2) is 4.79 Å². The number of aromatic nitrogens is 2. The quantitative estimate of drug-likeness (QED) is 0.537. The summed E-state index contributed by atoms with van der Waals surface area (Å²) in [5.41, 5.74) is 2.23. The molecule has 8 heteroatoms. The van der Waals surface area contributed by atoms with Crippen molar-refractivity contribution in [3.63, 3.8) is 0 Å². The second kappa shape index (κ2) is 11.5. The van der Waals surface area contributed by atoms with Crippen LogP contribution in [0.1, 0.15) is 75.9 Å². The largest absolute Gasteiger partial charge is 0.350 e. The molecule has 1 aromatic carbocycles. The van der Waals surface area contributed by atoms with Gasteiger partial charge in [0.25, 0.3) is 0 Å². The maximum absolute atomic E-state index is 12.9. The number of nitrogens with one attached hydrogen (secondary N) is 1. The number of ether oxygens (including phenoxy) is 1. The molecule has 5 rings (SSSR count). The predicted octanol–water partition coefficient (Wildman–Crippen LogP) is 5.43. The van der Waals surface area contributed by atoms with E-state index in [9.17, 15) is 9.59 Å². The third-order valence-corrected chi connectivity index (χ3v) is 8.67. The first-order chi connectivity index (χ1) is 18.7. The number of likely N-dealkylation sites (tertiary alicyclic amines) is 1. The number of aromatic amines is 1. The molecular weight excluding hydrogens is 512 g/mol. The highest BCUT2D eigenvalue weighted by molar-refractivity contribution is 6.33. The number of nitrogens with zero attached hydrogens (tertiary/aromatic N) is 3. The van der Waals surface area contributed by atoms with Gasteiger partial charge in [-0.1, -0.05) is 68.8 Å². The zero-order valence-corrected chi connectivity index (χ0v) is 24.2. The molecule has 2 aromatic rings. The van der Waals surface area contributed by atoms with Gasteiger partial charge in [0.15, 0.2) is 0 Å². The SMILES string of the molecule is CC(C)(C)C(=O)N1CCC(CCN2CCC(n3c4c([nH]c3=O)/C=C(Cl)\C=C/CC4)CC2)(c2ccccc2)OC1. The minimum Gasteiger partial charge on any atom is -0.350 e. The van der Waals surface area contributed by atoms with Crippen molar-refractivity contribution in [3.05, 3.63) is 75.0 Å². The molecule has 1 amide bonds. The normalized spacial score (nSPS) is 25.3. The van der Waals surface area contributed by atoms with E-state index in [4.69, 9.17) is 16.3 Å². The smallest absolute Gasteiger partial charge is 0.326 e. The maximum atomic E-state index is 12.9. The molecular formula is C31H41ClN4O3. The number of hydrogen-bond donors (Lipinski definition) is 1. The van der Waals surface area contributed by atoms with Crippen LogP contribution in [0.3, 0.4) is 0 Å². The summed E-state index contributed by atoms with van der Waals surface area (Å²) in [6.07, 6.45) is 11.1. The molecule has 1 unspecified atom stereocenters. The van der Waals surface area contributed by atoms with E-state index in [2.05, 4.69) is 40.2 Å². The number of benzene rings is 1. The molecule has 2 aliphatic heterocycles. The minimum atomic E-state index is -0.418. The van der Waals surface area contributed by atoms with Crippen molar-refractivity contribution in [2.45, 2.75) is 70.9 Å². The zero-order chi connectivity index (χ0) is 27.6. The second-order valence-electron chi connectivity index (χ2n) is 12.2. The molecule has 0 radical (unpaired) electrons. The molecule has 1 atom stereocenters. The fourth-order valence-electron chi connectivity index (χ4n) is 6.20. The Bertz CT molecular complexity index is 1270. The number of amides is 1. The van der Waals surface area contributed by atoms with Crippen molar-refractivity contribution in [2.75, 3.05) is 32.9 Å². The fourth-order valence-corrected chi connectivity index (χ4v) is 6.40. The van der Waals surface area contributed by atoms with Crippen LogP contribution in [0.4, 0.5) is 0 Å². The van der Waals surface area contributed by atoms with E-state index in [1.807, 2.05) is 48.5 Å². The summed E-state index contributed by atoms with van der Waals surface area (Å²) in [5, 5.41) is 0.641. The molecule has 1 aromatic heterocycles. The molecule has 0 bridgehead atoms. The average Bonchev–Trinajstić information content (AvgIpc) is 3.22. The van der Waals surface area contributed by atoms with Crippen molar-refractivity contribution >= 4 is 23.6 Å². The van der Waals surface area contributed by atoms with Crippen LogP contribution in [0.15, 0.2) is 52.3 Å². The Hall–Kier alpha value is -2.61. The Balaban J connectivity index is 1.24. The van der Waals surface area contributed by atoms with Crippen molar-refractivity contribution in [1.29, 1.82) is 0 Å². The first-order valence-electron chi connectivity index (χ1n) is 14.2. The van der Waals surface area contributed by atoms with E-state index in [1.54, 1.807) is 0 Å². The lowest BCUT2D eigenvalue weighted by atomic mass is 9.85. The summed E-state index contributed by atoms with van der Waals surface area (Å²) in [7, 11) is 0. The highest BCUT2D eigenvalue weighted by Gasteiger charge is 2.40. The van der Waals surface area contributed by atoms with Crippen LogP contribution in [0.5, 0.6) is 0 Å². The number of rotatable bonds is 5. The molecule has 0 spiro atoms. The third-order valence-electron chi connectivity index (χ3n) is 8.43. The standard InChI is InChI=1S/C31H41ClN4O3/c1-30(2,3)28(37)35-20-16-31(39-22-35,23-9-5-4-6-10-23)15-19-34-17-13-25(14-18-34)36-27-12-8-7-11-24(32)21-26(27)33-29(36)38/h4-7,9-11,21,25H,8,12-20,22H2,1-3H3,(H,33,38)/b11-7-,24-21+. The minimum absolute atomic E-state index is 0.0333. The lowest BCUT2D eigenvalue weighted by Crippen LogP contribution is -2.51. The molecule has 2 fully saturated rings. The van der Waals surface area contributed by atoms with E-state index in [0.717, 1.165) is 69.5 Å². The Labute approximate surface area is 236 Å². The number of allylic oxidation sites excluding steroid dienone is 3.